The maximum atomic E-state index is 14.2. The van der Waals surface area contributed by atoms with Crippen LogP contribution in [0.1, 0.15) is 65.0 Å². The highest BCUT2D eigenvalue weighted by Gasteiger charge is 2.56. The topological polar surface area (TPSA) is 129 Å². The molecule has 0 amide bonds. The SMILES string of the molecule is CC(=O)c1c(O)c(C)c(O)c2c1OC1=CC(=O)/C(=C(/C)NC[C@@H](c3ccccc3)c3c(C)[nH]c4ccccc34)C(=O)[C@@]12C. The Morgan fingerprint density at radius 2 is 1.67 bits per heavy atom. The number of phenolic OH excluding ortho intramolecular Hbond substituents is 2. The first kappa shape index (κ1) is 28.0. The molecule has 218 valence electrons. The first-order chi connectivity index (χ1) is 20.5. The zero-order valence-corrected chi connectivity index (χ0v) is 24.6. The fourth-order valence-corrected chi connectivity index (χ4v) is 6.53. The fourth-order valence-electron chi connectivity index (χ4n) is 6.53. The Kier molecular flexibility index (Phi) is 6.53. The number of allylic oxidation sites excluding steroid dienone is 4. The van der Waals surface area contributed by atoms with E-state index >= 15 is 0 Å². The van der Waals surface area contributed by atoms with Gasteiger partial charge in [-0.15, -0.1) is 0 Å². The zero-order chi connectivity index (χ0) is 30.8. The van der Waals surface area contributed by atoms with E-state index in [2.05, 4.69) is 28.5 Å². The highest BCUT2D eigenvalue weighted by molar-refractivity contribution is 6.31. The predicted octanol–water partition coefficient (Wildman–Crippen LogP) is 5.78. The van der Waals surface area contributed by atoms with Crippen molar-refractivity contribution in [1.82, 2.24) is 10.3 Å². The average Bonchev–Trinajstić information content (AvgIpc) is 3.46. The number of benzene rings is 3. The molecule has 1 aliphatic heterocycles. The summed E-state index contributed by atoms with van der Waals surface area (Å²) in [5, 5.41) is 26.2. The molecule has 0 bridgehead atoms. The molecule has 1 aromatic heterocycles. The quantitative estimate of drug-likeness (QED) is 0.130. The van der Waals surface area contributed by atoms with E-state index in [1.165, 1.54) is 19.9 Å². The lowest BCUT2D eigenvalue weighted by Crippen LogP contribution is -2.41. The maximum Gasteiger partial charge on any atom is 0.194 e. The van der Waals surface area contributed by atoms with Gasteiger partial charge in [0, 0.05) is 46.4 Å². The van der Waals surface area contributed by atoms with Gasteiger partial charge in [-0.3, -0.25) is 14.4 Å². The molecule has 8 nitrogen and oxygen atoms in total. The van der Waals surface area contributed by atoms with Gasteiger partial charge in [0.2, 0.25) is 0 Å². The summed E-state index contributed by atoms with van der Waals surface area (Å²) in [6.07, 6.45) is 1.23. The lowest BCUT2D eigenvalue weighted by Gasteiger charge is -2.29. The van der Waals surface area contributed by atoms with Gasteiger partial charge in [0.05, 0.1) is 11.1 Å². The van der Waals surface area contributed by atoms with E-state index in [1.54, 1.807) is 13.8 Å². The Balaban J connectivity index is 1.43. The van der Waals surface area contributed by atoms with Crippen LogP contribution in [0.2, 0.25) is 0 Å². The predicted molar refractivity (Wildman–Crippen MR) is 163 cm³/mol. The third kappa shape index (κ3) is 4.08. The first-order valence-electron chi connectivity index (χ1n) is 14.1. The van der Waals surface area contributed by atoms with E-state index in [0.29, 0.717) is 12.2 Å². The number of para-hydroxylation sites is 1. The molecule has 6 rings (SSSR count). The van der Waals surface area contributed by atoms with Crippen molar-refractivity contribution in [2.24, 2.45) is 0 Å². The Bertz CT molecular complexity index is 1930. The Morgan fingerprint density at radius 3 is 2.37 bits per heavy atom. The van der Waals surface area contributed by atoms with Crippen molar-refractivity contribution in [2.45, 2.75) is 46.0 Å². The highest BCUT2D eigenvalue weighted by Crippen LogP contribution is 2.57. The molecule has 0 saturated heterocycles. The molecule has 0 spiro atoms. The summed E-state index contributed by atoms with van der Waals surface area (Å²) in [5.41, 5.74) is 3.01. The maximum absolute atomic E-state index is 14.2. The summed E-state index contributed by atoms with van der Waals surface area (Å²) in [4.78, 5) is 43.6. The number of aromatic hydroxyl groups is 2. The van der Waals surface area contributed by atoms with Crippen LogP contribution in [0.3, 0.4) is 0 Å². The van der Waals surface area contributed by atoms with Gasteiger partial charge < -0.3 is 25.3 Å². The summed E-state index contributed by atoms with van der Waals surface area (Å²) in [6.45, 7) is 8.42. The second kappa shape index (κ2) is 10.0. The minimum absolute atomic E-state index is 0.00781. The highest BCUT2D eigenvalue weighted by atomic mass is 16.5. The number of H-pyrrole nitrogens is 1. The van der Waals surface area contributed by atoms with Gasteiger partial charge in [-0.25, -0.2) is 0 Å². The number of carbonyl (C=O) groups is 3. The number of Topliss-reactive ketones (excluding diaryl/α,β-unsaturated/α-hetero) is 2. The molecule has 0 fully saturated rings. The molecule has 4 aromatic rings. The molecule has 4 N–H and O–H groups in total. The monoisotopic (exact) mass is 576 g/mol. The number of hydrogen-bond donors (Lipinski definition) is 4. The van der Waals surface area contributed by atoms with Crippen molar-refractivity contribution < 1.29 is 29.3 Å². The fraction of sp³-hybridized carbons (Fsp3) is 0.229. The standard InChI is InChI=1S/C35H32N2O6/c1-17-31(40)29(20(4)38)33-30(32(17)41)35(5)26(43-33)15-25(39)28(34(35)42)18(2)36-16-23(21-11-7-6-8-12-21)27-19(3)37-24-14-10-9-13-22(24)27/h6-15,23,36-37,40-41H,16H2,1-5H3/b28-18+/t23-,35-/m0/s1. The number of fused-ring (bicyclic) bond motifs is 4. The summed E-state index contributed by atoms with van der Waals surface area (Å²) < 4.78 is 5.88. The van der Waals surface area contributed by atoms with E-state index in [1.807, 2.05) is 43.3 Å². The first-order valence-corrected chi connectivity index (χ1v) is 14.1. The number of carbonyl (C=O) groups excluding carboxylic acids is 3. The van der Waals surface area contributed by atoms with E-state index < -0.39 is 28.5 Å². The van der Waals surface area contributed by atoms with E-state index in [4.69, 9.17) is 4.74 Å². The molecule has 2 aliphatic rings. The molecule has 0 unspecified atom stereocenters. The van der Waals surface area contributed by atoms with Crippen molar-refractivity contribution in [3.05, 3.63) is 111 Å². The lowest BCUT2D eigenvalue weighted by atomic mass is 9.70. The minimum atomic E-state index is -1.57. The molecule has 3 aromatic carbocycles. The van der Waals surface area contributed by atoms with Crippen molar-refractivity contribution in [1.29, 1.82) is 0 Å². The summed E-state index contributed by atoms with van der Waals surface area (Å²) in [7, 11) is 0. The van der Waals surface area contributed by atoms with Crippen LogP contribution in [0, 0.1) is 13.8 Å². The summed E-state index contributed by atoms with van der Waals surface area (Å²) >= 11 is 0. The van der Waals surface area contributed by atoms with Gasteiger partial charge in [-0.2, -0.15) is 0 Å². The third-order valence-corrected chi connectivity index (χ3v) is 8.82. The number of aryl methyl sites for hydroxylation is 1. The van der Waals surface area contributed by atoms with Crippen LogP contribution >= 0.6 is 0 Å². The molecular formula is C35H32N2O6. The van der Waals surface area contributed by atoms with Crippen molar-refractivity contribution in [3.63, 3.8) is 0 Å². The summed E-state index contributed by atoms with van der Waals surface area (Å²) in [6, 6.07) is 18.2. The second-order valence-electron chi connectivity index (χ2n) is 11.4. The number of ether oxygens (including phenoxy) is 1. The molecule has 2 heterocycles. The molecule has 2 atom stereocenters. The van der Waals surface area contributed by atoms with Crippen LogP contribution in [-0.2, 0) is 15.0 Å². The van der Waals surface area contributed by atoms with Gasteiger partial charge in [-0.1, -0.05) is 48.5 Å². The van der Waals surface area contributed by atoms with Crippen LogP contribution in [0.25, 0.3) is 10.9 Å². The van der Waals surface area contributed by atoms with Gasteiger partial charge in [0.25, 0.3) is 0 Å². The molecule has 43 heavy (non-hydrogen) atoms. The van der Waals surface area contributed by atoms with Gasteiger partial charge >= 0.3 is 0 Å². The number of ketones is 3. The second-order valence-corrected chi connectivity index (χ2v) is 11.4. The van der Waals surface area contributed by atoms with E-state index in [0.717, 1.165) is 27.7 Å². The average molecular weight is 577 g/mol. The normalized spacial score (nSPS) is 19.4. The molecular weight excluding hydrogens is 544 g/mol. The van der Waals surface area contributed by atoms with Gasteiger partial charge in [0.1, 0.15) is 34.0 Å². The Labute approximate surface area is 248 Å². The van der Waals surface area contributed by atoms with Crippen LogP contribution in [0.15, 0.2) is 77.7 Å². The van der Waals surface area contributed by atoms with Gasteiger partial charge in [-0.05, 0) is 51.8 Å². The molecule has 1 aliphatic carbocycles. The largest absolute Gasteiger partial charge is 0.507 e. The number of hydrogen-bond acceptors (Lipinski definition) is 7. The van der Waals surface area contributed by atoms with Crippen molar-refractivity contribution in [2.75, 3.05) is 6.54 Å². The van der Waals surface area contributed by atoms with Crippen molar-refractivity contribution >= 4 is 28.3 Å². The van der Waals surface area contributed by atoms with E-state index in [-0.39, 0.29) is 45.4 Å². The van der Waals surface area contributed by atoms with Crippen LogP contribution < -0.4 is 10.1 Å². The minimum Gasteiger partial charge on any atom is -0.507 e. The Morgan fingerprint density at radius 1 is 1.00 bits per heavy atom. The van der Waals surface area contributed by atoms with Crippen LogP contribution in [0.4, 0.5) is 0 Å². The third-order valence-electron chi connectivity index (χ3n) is 8.82. The van der Waals surface area contributed by atoms with Crippen molar-refractivity contribution in [3.8, 4) is 17.2 Å². The Hall–Kier alpha value is -5.11. The lowest BCUT2D eigenvalue weighted by molar-refractivity contribution is -0.123. The number of aromatic amines is 1. The van der Waals surface area contributed by atoms with Crippen LogP contribution in [-0.4, -0.2) is 39.1 Å². The molecule has 0 saturated carbocycles. The molecule has 0 radical (unpaired) electrons. The number of nitrogens with one attached hydrogen (secondary N) is 2. The summed E-state index contributed by atoms with van der Waals surface area (Å²) in [5.74, 6) is -2.57. The van der Waals surface area contributed by atoms with E-state index in [9.17, 15) is 24.6 Å². The number of phenols is 2. The number of aromatic nitrogens is 1. The molecule has 8 heteroatoms. The zero-order valence-electron chi connectivity index (χ0n) is 24.6. The smallest absolute Gasteiger partial charge is 0.194 e. The van der Waals surface area contributed by atoms with Crippen LogP contribution in [0.5, 0.6) is 17.2 Å². The number of rotatable bonds is 6. The van der Waals surface area contributed by atoms with Gasteiger partial charge in [0.15, 0.2) is 17.3 Å².